The summed E-state index contributed by atoms with van der Waals surface area (Å²) in [5, 5.41) is 8.55. The summed E-state index contributed by atoms with van der Waals surface area (Å²) in [7, 11) is 0. The van der Waals surface area contributed by atoms with E-state index in [4.69, 9.17) is 10.8 Å². The van der Waals surface area contributed by atoms with Gasteiger partial charge in [-0.1, -0.05) is 13.8 Å². The largest absolute Gasteiger partial charge is 0.478 e. The van der Waals surface area contributed by atoms with E-state index in [0.717, 1.165) is 6.08 Å². The number of carboxylic acids is 1. The van der Waals surface area contributed by atoms with Crippen LogP contribution < -0.4 is 10.6 Å². The highest BCUT2D eigenvalue weighted by Crippen LogP contribution is 2.13. The van der Waals surface area contributed by atoms with Gasteiger partial charge < -0.3 is 15.7 Å². The molecule has 6 heteroatoms. The summed E-state index contributed by atoms with van der Waals surface area (Å²) in [4.78, 5) is 27.5. The fourth-order valence-electron chi connectivity index (χ4n) is 1.72. The number of hydrogen-bond donors (Lipinski definition) is 2. The van der Waals surface area contributed by atoms with Crippen molar-refractivity contribution in [2.45, 2.75) is 13.8 Å². The van der Waals surface area contributed by atoms with Gasteiger partial charge in [-0.05, 0) is 29.7 Å². The van der Waals surface area contributed by atoms with Gasteiger partial charge in [-0.15, -0.1) is 0 Å². The van der Waals surface area contributed by atoms with Crippen molar-refractivity contribution in [1.82, 2.24) is 4.98 Å². The first-order chi connectivity index (χ1) is 9.38. The van der Waals surface area contributed by atoms with Crippen molar-refractivity contribution in [2.24, 2.45) is 11.7 Å². The Kier molecular flexibility index (Phi) is 5.71. The second-order valence-electron chi connectivity index (χ2n) is 4.86. The third-order valence-corrected chi connectivity index (χ3v) is 2.45. The van der Waals surface area contributed by atoms with Gasteiger partial charge in [0.15, 0.2) is 0 Å². The first-order valence-electron chi connectivity index (χ1n) is 6.28. The van der Waals surface area contributed by atoms with Crippen LogP contribution in [0.25, 0.3) is 6.08 Å². The van der Waals surface area contributed by atoms with Crippen LogP contribution in [0.3, 0.4) is 0 Å². The van der Waals surface area contributed by atoms with Crippen molar-refractivity contribution in [2.75, 3.05) is 18.0 Å². The first kappa shape index (κ1) is 15.7. The Bertz CT molecular complexity index is 495. The number of carbonyl (C=O) groups is 2. The molecular weight excluding hydrogens is 258 g/mol. The SMILES string of the molecule is CC(C)CN(CC(N)=O)c1ccc(/C=C/C(=O)O)cn1. The topological polar surface area (TPSA) is 96.5 Å². The molecule has 20 heavy (non-hydrogen) atoms. The molecule has 0 spiro atoms. The summed E-state index contributed by atoms with van der Waals surface area (Å²) in [5.41, 5.74) is 5.91. The minimum atomic E-state index is -1.01. The van der Waals surface area contributed by atoms with E-state index in [9.17, 15) is 9.59 Å². The first-order valence-corrected chi connectivity index (χ1v) is 6.28. The molecule has 0 radical (unpaired) electrons. The maximum Gasteiger partial charge on any atom is 0.328 e. The van der Waals surface area contributed by atoms with Crippen LogP contribution in [0.4, 0.5) is 5.82 Å². The second-order valence-corrected chi connectivity index (χ2v) is 4.86. The lowest BCUT2D eigenvalue weighted by Gasteiger charge is -2.24. The van der Waals surface area contributed by atoms with E-state index in [1.54, 1.807) is 23.2 Å². The Hall–Kier alpha value is -2.37. The molecule has 0 aliphatic heterocycles. The molecule has 6 nitrogen and oxygen atoms in total. The highest BCUT2D eigenvalue weighted by molar-refractivity contribution is 5.85. The monoisotopic (exact) mass is 277 g/mol. The van der Waals surface area contributed by atoms with Crippen molar-refractivity contribution in [3.05, 3.63) is 30.0 Å². The molecule has 1 rings (SSSR count). The fourth-order valence-corrected chi connectivity index (χ4v) is 1.72. The van der Waals surface area contributed by atoms with Crippen molar-refractivity contribution >= 4 is 23.8 Å². The average molecular weight is 277 g/mol. The van der Waals surface area contributed by atoms with Crippen molar-refractivity contribution < 1.29 is 14.7 Å². The summed E-state index contributed by atoms with van der Waals surface area (Å²) >= 11 is 0. The zero-order chi connectivity index (χ0) is 15.1. The average Bonchev–Trinajstić information content (AvgIpc) is 2.35. The summed E-state index contributed by atoms with van der Waals surface area (Å²) < 4.78 is 0. The van der Waals surface area contributed by atoms with E-state index in [1.165, 1.54) is 6.08 Å². The number of pyridine rings is 1. The second kappa shape index (κ2) is 7.28. The molecule has 0 saturated carbocycles. The summed E-state index contributed by atoms with van der Waals surface area (Å²) in [6, 6.07) is 3.49. The zero-order valence-corrected chi connectivity index (χ0v) is 11.6. The molecule has 0 atom stereocenters. The number of primary amides is 1. The van der Waals surface area contributed by atoms with Crippen LogP contribution in [0.15, 0.2) is 24.4 Å². The predicted octanol–water partition coefficient (Wildman–Crippen LogP) is 1.13. The third kappa shape index (κ3) is 5.51. The molecule has 0 bridgehead atoms. The smallest absolute Gasteiger partial charge is 0.328 e. The summed E-state index contributed by atoms with van der Waals surface area (Å²) in [5.74, 6) is -0.417. The minimum Gasteiger partial charge on any atom is -0.478 e. The van der Waals surface area contributed by atoms with Crippen molar-refractivity contribution in [3.63, 3.8) is 0 Å². The van der Waals surface area contributed by atoms with E-state index < -0.39 is 11.9 Å². The van der Waals surface area contributed by atoms with Gasteiger partial charge in [0.1, 0.15) is 5.82 Å². The molecule has 0 saturated heterocycles. The van der Waals surface area contributed by atoms with Gasteiger partial charge in [0.05, 0.1) is 6.54 Å². The number of aliphatic carboxylic acids is 1. The van der Waals surface area contributed by atoms with Gasteiger partial charge in [-0.3, -0.25) is 4.79 Å². The maximum absolute atomic E-state index is 11.1. The molecule has 108 valence electrons. The quantitative estimate of drug-likeness (QED) is 0.728. The summed E-state index contributed by atoms with van der Waals surface area (Å²) in [6.07, 6.45) is 4.06. The van der Waals surface area contributed by atoms with Gasteiger partial charge in [-0.2, -0.15) is 0 Å². The Morgan fingerprint density at radius 2 is 2.15 bits per heavy atom. The van der Waals surface area contributed by atoms with Gasteiger partial charge in [0.25, 0.3) is 0 Å². The van der Waals surface area contributed by atoms with Crippen LogP contribution in [0.5, 0.6) is 0 Å². The molecular formula is C14H19N3O3. The van der Waals surface area contributed by atoms with Crippen LogP contribution in [0, 0.1) is 5.92 Å². The molecule has 0 unspecified atom stereocenters. The lowest BCUT2D eigenvalue weighted by Crippen LogP contribution is -2.36. The van der Waals surface area contributed by atoms with E-state index in [1.807, 2.05) is 13.8 Å². The molecule has 1 aromatic heterocycles. The van der Waals surface area contributed by atoms with Crippen LogP contribution in [0.1, 0.15) is 19.4 Å². The number of rotatable bonds is 7. The van der Waals surface area contributed by atoms with Crippen LogP contribution in [0.2, 0.25) is 0 Å². The van der Waals surface area contributed by atoms with Crippen LogP contribution in [-0.2, 0) is 9.59 Å². The predicted molar refractivity (Wildman–Crippen MR) is 77.2 cm³/mol. The fraction of sp³-hybridized carbons (Fsp3) is 0.357. The number of nitrogens with two attached hydrogens (primary N) is 1. The number of hydrogen-bond acceptors (Lipinski definition) is 4. The molecule has 0 aromatic carbocycles. The number of amides is 1. The number of carbonyl (C=O) groups excluding carboxylic acids is 1. The van der Waals surface area contributed by atoms with Crippen molar-refractivity contribution in [1.29, 1.82) is 0 Å². The molecule has 0 fully saturated rings. The standard InChI is InChI=1S/C14H19N3O3/c1-10(2)8-17(9-12(15)18)13-5-3-11(7-16-13)4-6-14(19)20/h3-7,10H,8-9H2,1-2H3,(H2,15,18)(H,19,20)/b6-4+. The number of anilines is 1. The normalized spacial score (nSPS) is 10.9. The third-order valence-electron chi connectivity index (χ3n) is 2.45. The highest BCUT2D eigenvalue weighted by atomic mass is 16.4. The lowest BCUT2D eigenvalue weighted by atomic mass is 10.2. The van der Waals surface area contributed by atoms with E-state index in [2.05, 4.69) is 4.98 Å². The minimum absolute atomic E-state index is 0.107. The van der Waals surface area contributed by atoms with Gasteiger partial charge in [0, 0.05) is 18.8 Å². The lowest BCUT2D eigenvalue weighted by molar-refractivity contribution is -0.131. The zero-order valence-electron chi connectivity index (χ0n) is 11.6. The Labute approximate surface area is 117 Å². The molecule has 1 amide bonds. The molecule has 0 aliphatic carbocycles. The summed E-state index contributed by atoms with van der Waals surface area (Å²) in [6.45, 7) is 4.85. The molecule has 3 N–H and O–H groups in total. The van der Waals surface area contributed by atoms with E-state index in [0.29, 0.717) is 23.8 Å². The maximum atomic E-state index is 11.1. The Balaban J connectivity index is 2.86. The highest BCUT2D eigenvalue weighted by Gasteiger charge is 2.12. The van der Waals surface area contributed by atoms with Gasteiger partial charge in [0.2, 0.25) is 5.91 Å². The van der Waals surface area contributed by atoms with E-state index in [-0.39, 0.29) is 6.54 Å². The molecule has 1 aromatic rings. The van der Waals surface area contributed by atoms with Gasteiger partial charge in [-0.25, -0.2) is 9.78 Å². The number of nitrogens with zero attached hydrogens (tertiary/aromatic N) is 2. The molecule has 0 aliphatic rings. The van der Waals surface area contributed by atoms with Crippen LogP contribution >= 0.6 is 0 Å². The van der Waals surface area contributed by atoms with Gasteiger partial charge >= 0.3 is 5.97 Å². The Morgan fingerprint density at radius 1 is 1.45 bits per heavy atom. The molecule has 1 heterocycles. The number of aromatic nitrogens is 1. The van der Waals surface area contributed by atoms with Crippen molar-refractivity contribution in [3.8, 4) is 0 Å². The Morgan fingerprint density at radius 3 is 2.60 bits per heavy atom. The van der Waals surface area contributed by atoms with E-state index >= 15 is 0 Å². The van der Waals surface area contributed by atoms with Crippen LogP contribution in [-0.4, -0.2) is 35.1 Å². The number of carboxylic acid groups (broad SMARTS) is 1.